The lowest BCUT2D eigenvalue weighted by molar-refractivity contribution is -0.136. The lowest BCUT2D eigenvalue weighted by atomic mass is 9.99. The molecule has 2 aliphatic heterocycles. The van der Waals surface area contributed by atoms with E-state index in [-0.39, 0.29) is 36.5 Å². The first-order chi connectivity index (χ1) is 11.1. The molecule has 1 aromatic carbocycles. The number of nitrogens with two attached hydrogens (primary N) is 1. The van der Waals surface area contributed by atoms with E-state index in [1.54, 1.807) is 4.90 Å². The number of nitrogens with zero attached hydrogens (tertiary/aromatic N) is 1. The molecule has 1 saturated heterocycles. The number of piperidine rings is 1. The zero-order valence-corrected chi connectivity index (χ0v) is 14.2. The van der Waals surface area contributed by atoms with Gasteiger partial charge in [-0.1, -0.05) is 12.1 Å². The van der Waals surface area contributed by atoms with Gasteiger partial charge in [0, 0.05) is 18.5 Å². The zero-order chi connectivity index (χ0) is 16.4. The predicted octanol–water partition coefficient (Wildman–Crippen LogP) is 1.15. The van der Waals surface area contributed by atoms with Crippen LogP contribution in [0.15, 0.2) is 18.2 Å². The van der Waals surface area contributed by atoms with Gasteiger partial charge in [-0.3, -0.25) is 19.7 Å². The summed E-state index contributed by atoms with van der Waals surface area (Å²) in [6.07, 6.45) is 3.50. The molecule has 1 aromatic rings. The molecule has 1 atom stereocenters. The van der Waals surface area contributed by atoms with Crippen molar-refractivity contribution in [1.82, 2.24) is 10.2 Å². The highest BCUT2D eigenvalue weighted by atomic mass is 35.5. The van der Waals surface area contributed by atoms with E-state index in [0.717, 1.165) is 30.4 Å². The van der Waals surface area contributed by atoms with Crippen molar-refractivity contribution >= 4 is 30.1 Å². The molecule has 7 heteroatoms. The number of imide groups is 1. The van der Waals surface area contributed by atoms with Crippen molar-refractivity contribution < 1.29 is 14.4 Å². The molecule has 3 N–H and O–H groups in total. The van der Waals surface area contributed by atoms with Gasteiger partial charge in [0.25, 0.3) is 5.91 Å². The summed E-state index contributed by atoms with van der Waals surface area (Å²) in [4.78, 5) is 37.6. The van der Waals surface area contributed by atoms with Crippen molar-refractivity contribution in [2.24, 2.45) is 5.73 Å². The molecule has 0 saturated carbocycles. The number of amides is 3. The third-order valence-electron chi connectivity index (χ3n) is 4.58. The number of fused-ring (bicyclic) bond motifs is 1. The molecule has 3 amide bonds. The van der Waals surface area contributed by atoms with Crippen molar-refractivity contribution in [2.75, 3.05) is 6.54 Å². The van der Waals surface area contributed by atoms with Crippen LogP contribution in [0.4, 0.5) is 0 Å². The molecule has 6 nitrogen and oxygen atoms in total. The maximum absolute atomic E-state index is 12.6. The Morgan fingerprint density at radius 1 is 1.21 bits per heavy atom. The monoisotopic (exact) mass is 351 g/mol. The van der Waals surface area contributed by atoms with Gasteiger partial charge in [-0.2, -0.15) is 0 Å². The molecule has 1 unspecified atom stereocenters. The smallest absolute Gasteiger partial charge is 0.255 e. The van der Waals surface area contributed by atoms with Crippen LogP contribution in [0, 0.1) is 0 Å². The number of benzene rings is 1. The number of nitrogens with one attached hydrogen (secondary N) is 1. The van der Waals surface area contributed by atoms with Crippen LogP contribution in [-0.4, -0.2) is 35.2 Å². The average Bonchev–Trinajstić information content (AvgIpc) is 2.86. The van der Waals surface area contributed by atoms with Crippen molar-refractivity contribution in [1.29, 1.82) is 0 Å². The van der Waals surface area contributed by atoms with Crippen LogP contribution in [0.1, 0.15) is 47.2 Å². The zero-order valence-electron chi connectivity index (χ0n) is 13.4. The van der Waals surface area contributed by atoms with Crippen molar-refractivity contribution in [3.8, 4) is 0 Å². The van der Waals surface area contributed by atoms with Gasteiger partial charge >= 0.3 is 0 Å². The highest BCUT2D eigenvalue weighted by Crippen LogP contribution is 2.30. The summed E-state index contributed by atoms with van der Waals surface area (Å²) >= 11 is 0. The molecule has 0 aliphatic carbocycles. The number of hydrogen-bond donors (Lipinski definition) is 2. The number of hydrogen-bond acceptors (Lipinski definition) is 4. The van der Waals surface area contributed by atoms with Gasteiger partial charge in [0.15, 0.2) is 0 Å². The second kappa shape index (κ2) is 7.77. The van der Waals surface area contributed by atoms with Crippen LogP contribution in [0.25, 0.3) is 0 Å². The van der Waals surface area contributed by atoms with Gasteiger partial charge in [-0.25, -0.2) is 0 Å². The molecular formula is C17H22ClN3O3. The second-order valence-corrected chi connectivity index (χ2v) is 6.09. The van der Waals surface area contributed by atoms with Crippen LogP contribution in [0.2, 0.25) is 0 Å². The maximum Gasteiger partial charge on any atom is 0.255 e. The van der Waals surface area contributed by atoms with Crippen LogP contribution in [0.3, 0.4) is 0 Å². The van der Waals surface area contributed by atoms with Gasteiger partial charge in [-0.15, -0.1) is 12.4 Å². The van der Waals surface area contributed by atoms with E-state index < -0.39 is 6.04 Å². The first kappa shape index (κ1) is 18.4. The SMILES string of the molecule is Cl.NCCCCc1cccc2c1CN(C1CCC(=O)NC1=O)C2=O. The fourth-order valence-electron chi connectivity index (χ4n) is 3.34. The highest BCUT2D eigenvalue weighted by molar-refractivity contribution is 6.05. The molecule has 2 heterocycles. The number of carbonyl (C=O) groups excluding carboxylic acids is 3. The summed E-state index contributed by atoms with van der Waals surface area (Å²) in [5, 5.41) is 2.32. The fourth-order valence-corrected chi connectivity index (χ4v) is 3.34. The standard InChI is InChI=1S/C17H21N3O3.ClH/c18-9-2-1-4-11-5-3-6-12-13(11)10-20(17(12)23)14-7-8-15(21)19-16(14)22;/h3,5-6,14H,1-2,4,7-10,18H2,(H,19,21,22);1H. The molecule has 0 aromatic heterocycles. The number of rotatable bonds is 5. The van der Waals surface area contributed by atoms with Gasteiger partial charge in [0.1, 0.15) is 6.04 Å². The van der Waals surface area contributed by atoms with Gasteiger partial charge in [0.05, 0.1) is 0 Å². The van der Waals surface area contributed by atoms with Crippen LogP contribution in [-0.2, 0) is 22.6 Å². The Kier molecular flexibility index (Phi) is 5.96. The molecular weight excluding hydrogens is 330 g/mol. The minimum Gasteiger partial charge on any atom is -0.330 e. The topological polar surface area (TPSA) is 92.5 Å². The van der Waals surface area contributed by atoms with E-state index in [2.05, 4.69) is 5.32 Å². The summed E-state index contributed by atoms with van der Waals surface area (Å²) in [5.41, 5.74) is 8.38. The summed E-state index contributed by atoms with van der Waals surface area (Å²) < 4.78 is 0. The quantitative estimate of drug-likeness (QED) is 0.615. The maximum atomic E-state index is 12.6. The number of carbonyl (C=O) groups is 3. The Bertz CT molecular complexity index is 662. The minimum absolute atomic E-state index is 0. The molecule has 24 heavy (non-hydrogen) atoms. The van der Waals surface area contributed by atoms with E-state index in [1.165, 1.54) is 0 Å². The van der Waals surface area contributed by atoms with Gasteiger partial charge < -0.3 is 10.6 Å². The number of unbranched alkanes of at least 4 members (excludes halogenated alkanes) is 1. The van der Waals surface area contributed by atoms with E-state index in [1.807, 2.05) is 18.2 Å². The van der Waals surface area contributed by atoms with Crippen LogP contribution >= 0.6 is 12.4 Å². The summed E-state index contributed by atoms with van der Waals surface area (Å²) in [6, 6.07) is 5.19. The Hall–Kier alpha value is -1.92. The third kappa shape index (κ3) is 3.44. The van der Waals surface area contributed by atoms with Crippen LogP contribution in [0.5, 0.6) is 0 Å². The minimum atomic E-state index is -0.551. The molecule has 0 spiro atoms. The van der Waals surface area contributed by atoms with E-state index in [9.17, 15) is 14.4 Å². The van der Waals surface area contributed by atoms with Crippen molar-refractivity contribution in [3.05, 3.63) is 34.9 Å². The van der Waals surface area contributed by atoms with E-state index in [0.29, 0.717) is 25.1 Å². The molecule has 1 fully saturated rings. The van der Waals surface area contributed by atoms with Crippen LogP contribution < -0.4 is 11.1 Å². The lowest BCUT2D eigenvalue weighted by Crippen LogP contribution is -2.52. The second-order valence-electron chi connectivity index (χ2n) is 6.09. The Morgan fingerprint density at radius 3 is 2.71 bits per heavy atom. The normalized spacial score (nSPS) is 19.8. The van der Waals surface area contributed by atoms with E-state index >= 15 is 0 Å². The third-order valence-corrected chi connectivity index (χ3v) is 4.58. The first-order valence-corrected chi connectivity index (χ1v) is 8.07. The summed E-state index contributed by atoms with van der Waals surface area (Å²) in [6.45, 7) is 1.11. The average molecular weight is 352 g/mol. The Morgan fingerprint density at radius 2 is 2.00 bits per heavy atom. The molecule has 3 rings (SSSR count). The summed E-state index contributed by atoms with van der Waals surface area (Å²) in [7, 11) is 0. The summed E-state index contributed by atoms with van der Waals surface area (Å²) in [5.74, 6) is -0.750. The van der Waals surface area contributed by atoms with Crippen molar-refractivity contribution in [2.45, 2.75) is 44.7 Å². The predicted molar refractivity (Wildman–Crippen MR) is 91.7 cm³/mol. The molecule has 2 aliphatic rings. The number of aryl methyl sites for hydroxylation is 1. The highest BCUT2D eigenvalue weighted by Gasteiger charge is 2.39. The molecule has 0 bridgehead atoms. The van der Waals surface area contributed by atoms with Gasteiger partial charge in [-0.05, 0) is 49.4 Å². The molecule has 0 radical (unpaired) electrons. The van der Waals surface area contributed by atoms with E-state index in [4.69, 9.17) is 5.73 Å². The van der Waals surface area contributed by atoms with Gasteiger partial charge in [0.2, 0.25) is 11.8 Å². The largest absolute Gasteiger partial charge is 0.330 e. The first-order valence-electron chi connectivity index (χ1n) is 8.07. The molecule has 130 valence electrons. The van der Waals surface area contributed by atoms with Crippen molar-refractivity contribution in [3.63, 3.8) is 0 Å². The lowest BCUT2D eigenvalue weighted by Gasteiger charge is -2.29. The Labute approximate surface area is 147 Å². The number of halogens is 1. The Balaban J connectivity index is 0.00000208. The fraction of sp³-hybridized carbons (Fsp3) is 0.471.